The van der Waals surface area contributed by atoms with Gasteiger partial charge in [-0.05, 0) is 30.7 Å². The number of rotatable bonds is 13. The summed E-state index contributed by atoms with van der Waals surface area (Å²) in [5.41, 5.74) is 3.87. The molecule has 1 fully saturated rings. The number of carbonyl (C=O) groups excluding carboxylic acids is 1. The van der Waals surface area contributed by atoms with Crippen molar-refractivity contribution in [2.24, 2.45) is 0 Å². The van der Waals surface area contributed by atoms with Crippen molar-refractivity contribution < 1.29 is 19.0 Å². The summed E-state index contributed by atoms with van der Waals surface area (Å²) in [6.45, 7) is 1.71. The summed E-state index contributed by atoms with van der Waals surface area (Å²) in [6, 6.07) is 12.5. The van der Waals surface area contributed by atoms with E-state index in [-0.39, 0.29) is 35.9 Å². The van der Waals surface area contributed by atoms with Crippen LogP contribution in [0, 0.1) is 5.82 Å². The lowest BCUT2D eigenvalue weighted by atomic mass is 10.1. The zero-order valence-electron chi connectivity index (χ0n) is 24.0. The van der Waals surface area contributed by atoms with Gasteiger partial charge in [-0.25, -0.2) is 14.4 Å². The van der Waals surface area contributed by atoms with Gasteiger partial charge in [-0.15, -0.1) is 0 Å². The lowest BCUT2D eigenvalue weighted by molar-refractivity contribution is -0.119. The number of pyridine rings is 3. The molecule has 0 aliphatic carbocycles. The van der Waals surface area contributed by atoms with Crippen LogP contribution in [0.3, 0.4) is 0 Å². The topological polar surface area (TPSA) is 133 Å². The maximum absolute atomic E-state index is 15.1. The highest BCUT2D eigenvalue weighted by molar-refractivity contribution is 6.39. The highest BCUT2D eigenvalue weighted by Gasteiger charge is 2.21. The Kier molecular flexibility index (Phi) is 10.6. The van der Waals surface area contributed by atoms with E-state index in [0.717, 1.165) is 12.0 Å². The Hall–Kier alpha value is -3.87. The van der Waals surface area contributed by atoms with Gasteiger partial charge in [0.05, 0.1) is 40.8 Å². The van der Waals surface area contributed by atoms with Crippen molar-refractivity contribution >= 4 is 40.6 Å². The molecule has 3 aromatic heterocycles. The summed E-state index contributed by atoms with van der Waals surface area (Å²) in [6.07, 6.45) is 4.49. The number of hydrogen-bond acceptors (Lipinski definition) is 9. The number of aliphatic hydroxyl groups is 1. The van der Waals surface area contributed by atoms with E-state index < -0.39 is 5.82 Å². The van der Waals surface area contributed by atoms with Gasteiger partial charge in [0.2, 0.25) is 11.8 Å². The lowest BCUT2D eigenvalue weighted by Crippen LogP contribution is -2.35. The number of anilines is 2. The standard InChI is InChI=1S/C31H32Cl2FN7O3/c1-44-31-19(16-36-17-20-6-8-25(43)39-20)5-7-23(41-31)21-10-12-37-29(27(21)33)22-3-2-4-24(26(22)32)40-30-28(34)18(9-11-38-30)15-35-13-14-42/h2-5,7,9-12,20,35-36,42H,6,8,13-17H2,1H3,(H,38,40)(H,39,43)/t20-/m1/s1. The predicted molar refractivity (Wildman–Crippen MR) is 169 cm³/mol. The van der Waals surface area contributed by atoms with Gasteiger partial charge in [0.1, 0.15) is 0 Å². The Labute approximate surface area is 264 Å². The van der Waals surface area contributed by atoms with Crippen LogP contribution in [-0.2, 0) is 17.9 Å². The molecule has 1 saturated heterocycles. The molecule has 5 N–H and O–H groups in total. The van der Waals surface area contributed by atoms with Crippen molar-refractivity contribution in [3.8, 4) is 28.4 Å². The zero-order chi connectivity index (χ0) is 31.1. The van der Waals surface area contributed by atoms with Crippen molar-refractivity contribution in [2.75, 3.05) is 32.1 Å². The number of ether oxygens (including phenoxy) is 1. The smallest absolute Gasteiger partial charge is 0.220 e. The predicted octanol–water partition coefficient (Wildman–Crippen LogP) is 4.85. The van der Waals surface area contributed by atoms with Crippen LogP contribution in [0.2, 0.25) is 10.0 Å². The molecule has 4 aromatic rings. The Balaban J connectivity index is 1.37. The normalized spacial score (nSPS) is 14.5. The number of carbonyl (C=O) groups is 1. The van der Waals surface area contributed by atoms with E-state index in [1.165, 1.54) is 6.20 Å². The zero-order valence-corrected chi connectivity index (χ0v) is 25.5. The van der Waals surface area contributed by atoms with Crippen molar-refractivity contribution in [1.29, 1.82) is 0 Å². The molecular formula is C31H32Cl2FN7O3. The van der Waals surface area contributed by atoms with Crippen LogP contribution in [0.25, 0.3) is 22.5 Å². The van der Waals surface area contributed by atoms with Crippen LogP contribution in [-0.4, -0.2) is 58.8 Å². The van der Waals surface area contributed by atoms with Crippen LogP contribution in [0.15, 0.2) is 54.9 Å². The number of aliphatic hydroxyl groups excluding tert-OH is 1. The molecule has 0 radical (unpaired) electrons. The summed E-state index contributed by atoms with van der Waals surface area (Å²) in [5.74, 6) is 0.0194. The van der Waals surface area contributed by atoms with Gasteiger partial charge >= 0.3 is 0 Å². The van der Waals surface area contributed by atoms with E-state index in [0.29, 0.717) is 70.7 Å². The molecule has 230 valence electrons. The first-order valence-corrected chi connectivity index (χ1v) is 14.8. The molecule has 0 bridgehead atoms. The van der Waals surface area contributed by atoms with Crippen LogP contribution in [0.5, 0.6) is 5.88 Å². The van der Waals surface area contributed by atoms with Crippen LogP contribution in [0.1, 0.15) is 24.0 Å². The molecule has 10 nitrogen and oxygen atoms in total. The average molecular weight is 641 g/mol. The average Bonchev–Trinajstić information content (AvgIpc) is 3.45. The molecule has 13 heteroatoms. The highest BCUT2D eigenvalue weighted by Crippen LogP contribution is 2.40. The second-order valence-corrected chi connectivity index (χ2v) is 10.9. The molecule has 0 saturated carbocycles. The van der Waals surface area contributed by atoms with Gasteiger partial charge in [0.15, 0.2) is 11.6 Å². The van der Waals surface area contributed by atoms with E-state index in [9.17, 15) is 4.79 Å². The van der Waals surface area contributed by atoms with E-state index in [4.69, 9.17) is 38.0 Å². The van der Waals surface area contributed by atoms with Gasteiger partial charge in [0, 0.05) is 73.3 Å². The highest BCUT2D eigenvalue weighted by atomic mass is 35.5. The first-order valence-electron chi connectivity index (χ1n) is 14.1. The van der Waals surface area contributed by atoms with Crippen molar-refractivity contribution in [1.82, 2.24) is 30.9 Å². The third-order valence-corrected chi connectivity index (χ3v) is 7.96. The maximum atomic E-state index is 15.1. The molecule has 1 aromatic carbocycles. The second kappa shape index (κ2) is 14.7. The molecule has 4 heterocycles. The number of hydrogen-bond donors (Lipinski definition) is 5. The molecule has 0 spiro atoms. The third kappa shape index (κ3) is 7.25. The molecule has 1 amide bonds. The van der Waals surface area contributed by atoms with Gasteiger partial charge in [-0.2, -0.15) is 0 Å². The number of amides is 1. The minimum Gasteiger partial charge on any atom is -0.481 e. The fourth-order valence-corrected chi connectivity index (χ4v) is 5.49. The monoisotopic (exact) mass is 639 g/mol. The van der Waals surface area contributed by atoms with E-state index in [1.54, 1.807) is 43.6 Å². The first-order chi connectivity index (χ1) is 21.4. The van der Waals surface area contributed by atoms with Gasteiger partial charge in [-0.1, -0.05) is 41.4 Å². The lowest BCUT2D eigenvalue weighted by Gasteiger charge is -2.16. The summed E-state index contributed by atoms with van der Waals surface area (Å²) in [4.78, 5) is 24.8. The van der Waals surface area contributed by atoms with Gasteiger partial charge in [0.25, 0.3) is 0 Å². The summed E-state index contributed by atoms with van der Waals surface area (Å²) in [7, 11) is 1.56. The van der Waals surface area contributed by atoms with Gasteiger partial charge < -0.3 is 31.1 Å². The second-order valence-electron chi connectivity index (χ2n) is 10.1. The Morgan fingerprint density at radius 2 is 1.84 bits per heavy atom. The first kappa shape index (κ1) is 31.6. The van der Waals surface area contributed by atoms with Crippen molar-refractivity contribution in [3.63, 3.8) is 0 Å². The molecule has 1 aliphatic heterocycles. The molecule has 44 heavy (non-hydrogen) atoms. The summed E-state index contributed by atoms with van der Waals surface area (Å²) < 4.78 is 20.7. The number of nitrogens with zero attached hydrogens (tertiary/aromatic N) is 3. The number of methoxy groups -OCH3 is 1. The Morgan fingerprint density at radius 3 is 2.61 bits per heavy atom. The van der Waals surface area contributed by atoms with Crippen LogP contribution < -0.4 is 26.0 Å². The van der Waals surface area contributed by atoms with E-state index in [1.807, 2.05) is 12.1 Å². The fourth-order valence-electron chi connectivity index (χ4n) is 4.92. The number of halogens is 3. The third-order valence-electron chi connectivity index (χ3n) is 7.17. The molecular weight excluding hydrogens is 608 g/mol. The quantitative estimate of drug-likeness (QED) is 0.130. The maximum Gasteiger partial charge on any atom is 0.220 e. The largest absolute Gasteiger partial charge is 0.481 e. The SMILES string of the molecule is COc1nc(-c2ccnc(-c3cccc(Nc4nccc(CNCCO)c4F)c3Cl)c2Cl)ccc1CNC[C@H]1CCC(=O)N1. The molecule has 1 aliphatic rings. The summed E-state index contributed by atoms with van der Waals surface area (Å²) >= 11 is 13.7. The minimum atomic E-state index is -0.526. The van der Waals surface area contributed by atoms with Crippen LogP contribution in [0.4, 0.5) is 15.9 Å². The van der Waals surface area contributed by atoms with E-state index in [2.05, 4.69) is 31.2 Å². The van der Waals surface area contributed by atoms with Crippen LogP contribution >= 0.6 is 23.2 Å². The Bertz CT molecular complexity index is 1640. The van der Waals surface area contributed by atoms with Crippen molar-refractivity contribution in [2.45, 2.75) is 32.0 Å². The number of nitrogens with one attached hydrogen (secondary N) is 4. The fraction of sp³-hybridized carbons (Fsp3) is 0.290. The molecule has 0 unspecified atom stereocenters. The Morgan fingerprint density at radius 1 is 1.02 bits per heavy atom. The number of aromatic nitrogens is 3. The minimum absolute atomic E-state index is 0.0130. The van der Waals surface area contributed by atoms with E-state index >= 15 is 4.39 Å². The van der Waals surface area contributed by atoms with Gasteiger partial charge in [-0.3, -0.25) is 9.78 Å². The van der Waals surface area contributed by atoms with Crippen molar-refractivity contribution in [3.05, 3.63) is 81.8 Å². The molecule has 5 rings (SSSR count). The summed E-state index contributed by atoms with van der Waals surface area (Å²) in [5, 5.41) is 21.9. The number of benzene rings is 1. The molecule has 1 atom stereocenters.